The Morgan fingerprint density at radius 3 is 2.81 bits per heavy atom. The summed E-state index contributed by atoms with van der Waals surface area (Å²) < 4.78 is 5.28. The minimum atomic E-state index is -0.379. The van der Waals surface area contributed by atoms with Crippen molar-refractivity contribution in [2.24, 2.45) is 4.99 Å². The predicted octanol–water partition coefficient (Wildman–Crippen LogP) is 3.41. The second kappa shape index (κ2) is 4.84. The fraction of sp³-hybridized carbons (Fsp3) is 0.312. The van der Waals surface area contributed by atoms with E-state index >= 15 is 0 Å². The molecule has 3 rings (SSSR count). The summed E-state index contributed by atoms with van der Waals surface area (Å²) in [6.07, 6.45) is 1.62. The van der Waals surface area contributed by atoms with Crippen LogP contribution in [0.1, 0.15) is 38.0 Å². The summed E-state index contributed by atoms with van der Waals surface area (Å²) in [4.78, 5) is 16.3. The van der Waals surface area contributed by atoms with Gasteiger partial charge in [0, 0.05) is 23.4 Å². The molecule has 0 saturated heterocycles. The number of carbonyl (C=O) groups is 1. The van der Waals surface area contributed by atoms with Crippen molar-refractivity contribution < 1.29 is 9.32 Å². The highest BCUT2D eigenvalue weighted by Gasteiger charge is 2.28. The molecule has 1 aromatic heterocycles. The largest absolute Gasteiger partial charge is 0.359 e. The predicted molar refractivity (Wildman–Crippen MR) is 81.2 cm³/mol. The molecule has 5 heteroatoms. The van der Waals surface area contributed by atoms with E-state index < -0.39 is 0 Å². The molecule has 1 aromatic carbocycles. The Kier molecular flexibility index (Phi) is 3.12. The zero-order valence-electron chi connectivity index (χ0n) is 12.3. The lowest BCUT2D eigenvalue weighted by molar-refractivity contribution is -0.115. The van der Waals surface area contributed by atoms with Crippen LogP contribution in [0.25, 0.3) is 0 Å². The molecule has 1 N–H and O–H groups in total. The molecule has 21 heavy (non-hydrogen) atoms. The van der Waals surface area contributed by atoms with Crippen molar-refractivity contribution in [3.63, 3.8) is 0 Å². The highest BCUT2D eigenvalue weighted by atomic mass is 16.5. The summed E-state index contributed by atoms with van der Waals surface area (Å²) in [6.45, 7) is 6.13. The van der Waals surface area contributed by atoms with E-state index in [1.54, 1.807) is 12.3 Å². The highest BCUT2D eigenvalue weighted by molar-refractivity contribution is 6.12. The second-order valence-electron chi connectivity index (χ2n) is 6.13. The molecule has 0 bridgehead atoms. The lowest BCUT2D eigenvalue weighted by Gasteiger charge is -2.11. The Labute approximate surface area is 123 Å². The van der Waals surface area contributed by atoms with Gasteiger partial charge in [0.25, 0.3) is 0 Å². The molecule has 1 amide bonds. The van der Waals surface area contributed by atoms with E-state index in [-0.39, 0.29) is 17.2 Å². The number of hydrogen-bond donors (Lipinski definition) is 1. The third-order valence-corrected chi connectivity index (χ3v) is 3.43. The normalized spacial score (nSPS) is 18.0. The first kappa shape index (κ1) is 13.5. The van der Waals surface area contributed by atoms with Gasteiger partial charge in [0.15, 0.2) is 5.82 Å². The standard InChI is InChI=1S/C16H17N3O2/c1-16(2,3)13-8-14(19-21-13)17-9-11-10-6-4-5-7-12(10)18-15(11)20/h4-9,11H,1-3H3,(H,18,20). The van der Waals surface area contributed by atoms with Crippen molar-refractivity contribution in [2.45, 2.75) is 32.1 Å². The molecular formula is C16H17N3O2. The lowest BCUT2D eigenvalue weighted by atomic mass is 9.93. The molecule has 0 fully saturated rings. The number of carbonyl (C=O) groups excluding carboxylic acids is 1. The Morgan fingerprint density at radius 2 is 2.10 bits per heavy atom. The summed E-state index contributed by atoms with van der Waals surface area (Å²) in [5.41, 5.74) is 1.67. The maximum Gasteiger partial charge on any atom is 0.237 e. The maximum absolute atomic E-state index is 12.0. The molecule has 0 aliphatic carbocycles. The number of para-hydroxylation sites is 1. The first-order valence-electron chi connectivity index (χ1n) is 6.86. The molecular weight excluding hydrogens is 266 g/mol. The minimum absolute atomic E-state index is 0.0699. The maximum atomic E-state index is 12.0. The topological polar surface area (TPSA) is 67.5 Å². The van der Waals surface area contributed by atoms with Gasteiger partial charge in [-0.15, -0.1) is 0 Å². The minimum Gasteiger partial charge on any atom is -0.359 e. The average Bonchev–Trinajstić information content (AvgIpc) is 3.00. The number of nitrogens with zero attached hydrogens (tertiary/aromatic N) is 2. The number of rotatable bonds is 2. The third-order valence-electron chi connectivity index (χ3n) is 3.43. The summed E-state index contributed by atoms with van der Waals surface area (Å²) >= 11 is 0. The van der Waals surface area contributed by atoms with Crippen LogP contribution in [-0.4, -0.2) is 17.3 Å². The van der Waals surface area contributed by atoms with E-state index in [9.17, 15) is 4.79 Å². The molecule has 0 saturated carbocycles. The van der Waals surface area contributed by atoms with Crippen molar-refractivity contribution in [3.05, 3.63) is 41.7 Å². The van der Waals surface area contributed by atoms with Crippen LogP contribution < -0.4 is 5.32 Å². The second-order valence-corrected chi connectivity index (χ2v) is 6.13. The van der Waals surface area contributed by atoms with Crippen molar-refractivity contribution in [1.29, 1.82) is 0 Å². The van der Waals surface area contributed by atoms with Gasteiger partial charge in [-0.1, -0.05) is 44.1 Å². The van der Waals surface area contributed by atoms with Crippen molar-refractivity contribution >= 4 is 23.6 Å². The number of amides is 1. The molecule has 1 aliphatic heterocycles. The van der Waals surface area contributed by atoms with Crippen LogP contribution in [0.15, 0.2) is 39.8 Å². The Bertz CT molecular complexity index is 710. The van der Waals surface area contributed by atoms with Crippen molar-refractivity contribution in [3.8, 4) is 0 Å². The molecule has 108 valence electrons. The van der Waals surface area contributed by atoms with Gasteiger partial charge < -0.3 is 9.84 Å². The smallest absolute Gasteiger partial charge is 0.237 e. The van der Waals surface area contributed by atoms with Gasteiger partial charge >= 0.3 is 0 Å². The zero-order valence-corrected chi connectivity index (χ0v) is 12.3. The monoisotopic (exact) mass is 283 g/mol. The van der Waals surface area contributed by atoms with Gasteiger partial charge in [-0.25, -0.2) is 4.99 Å². The Hall–Kier alpha value is -2.43. The van der Waals surface area contributed by atoms with Crippen molar-refractivity contribution in [1.82, 2.24) is 5.16 Å². The number of anilines is 1. The Morgan fingerprint density at radius 1 is 1.33 bits per heavy atom. The molecule has 0 spiro atoms. The van der Waals surface area contributed by atoms with E-state index in [1.807, 2.05) is 45.0 Å². The zero-order chi connectivity index (χ0) is 15.0. The summed E-state index contributed by atoms with van der Waals surface area (Å²) in [5, 5.41) is 6.76. The highest BCUT2D eigenvalue weighted by Crippen LogP contribution is 2.31. The molecule has 1 atom stereocenters. The van der Waals surface area contributed by atoms with Crippen LogP contribution in [0.4, 0.5) is 11.5 Å². The fourth-order valence-corrected chi connectivity index (χ4v) is 2.21. The van der Waals surface area contributed by atoms with E-state index in [2.05, 4.69) is 15.5 Å². The van der Waals surface area contributed by atoms with Crippen LogP contribution >= 0.6 is 0 Å². The Balaban J connectivity index is 1.84. The fourth-order valence-electron chi connectivity index (χ4n) is 2.21. The van der Waals surface area contributed by atoms with Crippen LogP contribution in [0.2, 0.25) is 0 Å². The summed E-state index contributed by atoms with van der Waals surface area (Å²) in [5.74, 6) is 0.804. The van der Waals surface area contributed by atoms with Gasteiger partial charge in [-0.05, 0) is 11.6 Å². The van der Waals surface area contributed by atoms with Gasteiger partial charge in [-0.2, -0.15) is 0 Å². The van der Waals surface area contributed by atoms with E-state index in [0.717, 1.165) is 17.0 Å². The molecule has 0 radical (unpaired) electrons. The quantitative estimate of drug-likeness (QED) is 0.859. The van der Waals surface area contributed by atoms with E-state index in [4.69, 9.17) is 4.52 Å². The number of nitrogens with one attached hydrogen (secondary N) is 1. The van der Waals surface area contributed by atoms with Gasteiger partial charge in [0.05, 0.1) is 0 Å². The van der Waals surface area contributed by atoms with Gasteiger partial charge in [0.1, 0.15) is 11.7 Å². The van der Waals surface area contributed by atoms with E-state index in [0.29, 0.717) is 5.82 Å². The third kappa shape index (κ3) is 2.59. The van der Waals surface area contributed by atoms with Gasteiger partial charge in [0.2, 0.25) is 5.91 Å². The first-order chi connectivity index (χ1) is 9.95. The molecule has 1 aliphatic rings. The number of hydrogen-bond acceptors (Lipinski definition) is 4. The van der Waals surface area contributed by atoms with Crippen LogP contribution in [0.5, 0.6) is 0 Å². The lowest BCUT2D eigenvalue weighted by Crippen LogP contribution is -2.12. The molecule has 2 aromatic rings. The van der Waals surface area contributed by atoms with E-state index in [1.165, 1.54) is 0 Å². The molecule has 2 heterocycles. The summed E-state index contributed by atoms with van der Waals surface area (Å²) in [6, 6.07) is 9.41. The first-order valence-corrected chi connectivity index (χ1v) is 6.86. The van der Waals surface area contributed by atoms with Crippen LogP contribution in [-0.2, 0) is 10.2 Å². The summed E-state index contributed by atoms with van der Waals surface area (Å²) in [7, 11) is 0. The van der Waals surface area contributed by atoms with Crippen LogP contribution in [0.3, 0.4) is 0 Å². The number of aliphatic imine (C=N–C) groups is 1. The average molecular weight is 283 g/mol. The SMILES string of the molecule is CC(C)(C)c1cc(N=CC2C(=O)Nc3ccccc32)no1. The molecule has 5 nitrogen and oxygen atoms in total. The van der Waals surface area contributed by atoms with Crippen LogP contribution in [0, 0.1) is 0 Å². The van der Waals surface area contributed by atoms with Gasteiger partial charge in [-0.3, -0.25) is 4.79 Å². The number of fused-ring (bicyclic) bond motifs is 1. The molecule has 1 unspecified atom stereocenters. The van der Waals surface area contributed by atoms with Crippen molar-refractivity contribution in [2.75, 3.05) is 5.32 Å². The number of aromatic nitrogens is 1. The number of benzene rings is 1.